The molecule has 0 radical (unpaired) electrons. The van der Waals surface area contributed by atoms with E-state index in [2.05, 4.69) is 26.5 Å². The Kier molecular flexibility index (Phi) is 5.83. The van der Waals surface area contributed by atoms with Gasteiger partial charge in [-0.05, 0) is 56.5 Å². The minimum absolute atomic E-state index is 0.302. The van der Waals surface area contributed by atoms with Gasteiger partial charge in [-0.2, -0.15) is 5.10 Å². The van der Waals surface area contributed by atoms with E-state index >= 15 is 0 Å². The Morgan fingerprint density at radius 3 is 2.67 bits per heavy atom. The number of carboxylic acids is 1. The van der Waals surface area contributed by atoms with E-state index in [1.807, 2.05) is 36.4 Å². The Bertz CT molecular complexity index is 1030. The number of hydrazone groups is 1. The molecule has 1 amide bonds. The first-order valence-corrected chi connectivity index (χ1v) is 8.79. The summed E-state index contributed by atoms with van der Waals surface area (Å²) in [7, 11) is 0. The smallest absolute Gasteiger partial charge is 0.341 e. The first-order chi connectivity index (χ1) is 13.0. The maximum absolute atomic E-state index is 12.4. The fourth-order valence-corrected chi connectivity index (χ4v) is 3.01. The van der Waals surface area contributed by atoms with Crippen LogP contribution in [0.5, 0.6) is 5.75 Å². The average Bonchev–Trinajstić information content (AvgIpc) is 2.66. The highest BCUT2D eigenvalue weighted by Gasteiger charge is 2.08. The molecule has 7 heteroatoms. The molecule has 0 aliphatic heterocycles. The molecule has 0 saturated heterocycles. The van der Waals surface area contributed by atoms with Crippen LogP contribution in [0.2, 0.25) is 0 Å². The van der Waals surface area contributed by atoms with E-state index in [1.165, 1.54) is 6.21 Å². The number of amides is 1. The molecule has 0 atom stereocenters. The van der Waals surface area contributed by atoms with E-state index in [0.29, 0.717) is 21.3 Å². The van der Waals surface area contributed by atoms with Crippen molar-refractivity contribution in [2.75, 3.05) is 6.61 Å². The molecule has 0 spiro atoms. The van der Waals surface area contributed by atoms with Crippen molar-refractivity contribution in [2.24, 2.45) is 5.10 Å². The Balaban J connectivity index is 1.69. The molecule has 0 bridgehead atoms. The van der Waals surface area contributed by atoms with Gasteiger partial charge in [-0.15, -0.1) is 0 Å². The van der Waals surface area contributed by atoms with Crippen LogP contribution in [0.25, 0.3) is 10.8 Å². The van der Waals surface area contributed by atoms with Gasteiger partial charge >= 0.3 is 5.97 Å². The summed E-state index contributed by atoms with van der Waals surface area (Å²) < 4.78 is 5.72. The molecule has 0 fully saturated rings. The van der Waals surface area contributed by atoms with Gasteiger partial charge in [0.2, 0.25) is 0 Å². The molecule has 27 heavy (non-hydrogen) atoms. The standard InChI is InChI=1S/C20H15BrN2O4/c21-17-10-13(8-9-18(17)27-12-19(24)25)11-22-23-20(26)16-7-3-5-14-4-1-2-6-15(14)16/h1-11H,12H2,(H,23,26)(H,24,25)/b22-11-. The van der Waals surface area contributed by atoms with Crippen LogP contribution in [0, 0.1) is 0 Å². The zero-order valence-corrected chi connectivity index (χ0v) is 15.6. The highest BCUT2D eigenvalue weighted by Crippen LogP contribution is 2.25. The third kappa shape index (κ3) is 4.71. The summed E-state index contributed by atoms with van der Waals surface area (Å²) in [6.07, 6.45) is 1.49. The van der Waals surface area contributed by atoms with Gasteiger partial charge in [-0.25, -0.2) is 10.2 Å². The summed E-state index contributed by atoms with van der Waals surface area (Å²) in [5.41, 5.74) is 3.78. The number of fused-ring (bicyclic) bond motifs is 1. The fraction of sp³-hybridized carbons (Fsp3) is 0.0500. The first-order valence-electron chi connectivity index (χ1n) is 8.00. The molecule has 3 rings (SSSR count). The van der Waals surface area contributed by atoms with Crippen molar-refractivity contribution in [2.45, 2.75) is 0 Å². The first kappa shape index (κ1) is 18.6. The van der Waals surface area contributed by atoms with Crippen LogP contribution in [0.15, 0.2) is 70.2 Å². The van der Waals surface area contributed by atoms with Gasteiger partial charge in [-0.3, -0.25) is 4.79 Å². The Morgan fingerprint density at radius 1 is 1.11 bits per heavy atom. The van der Waals surface area contributed by atoms with E-state index in [-0.39, 0.29) is 5.91 Å². The van der Waals surface area contributed by atoms with Crippen LogP contribution in [0.3, 0.4) is 0 Å². The predicted molar refractivity (Wildman–Crippen MR) is 106 cm³/mol. The number of carbonyl (C=O) groups excluding carboxylic acids is 1. The second-order valence-electron chi connectivity index (χ2n) is 5.60. The van der Waals surface area contributed by atoms with Crippen molar-refractivity contribution < 1.29 is 19.4 Å². The van der Waals surface area contributed by atoms with E-state index in [1.54, 1.807) is 24.3 Å². The second kappa shape index (κ2) is 8.46. The summed E-state index contributed by atoms with van der Waals surface area (Å²) in [4.78, 5) is 23.0. The number of carbonyl (C=O) groups is 2. The quantitative estimate of drug-likeness (QED) is 0.463. The van der Waals surface area contributed by atoms with E-state index in [0.717, 1.165) is 10.8 Å². The lowest BCUT2D eigenvalue weighted by molar-refractivity contribution is -0.139. The molecule has 2 N–H and O–H groups in total. The van der Waals surface area contributed by atoms with Gasteiger partial charge in [-0.1, -0.05) is 36.4 Å². The molecule has 0 heterocycles. The number of carboxylic acid groups (broad SMARTS) is 1. The fourth-order valence-electron chi connectivity index (χ4n) is 2.50. The van der Waals surface area contributed by atoms with Crippen molar-refractivity contribution in [3.63, 3.8) is 0 Å². The number of nitrogens with one attached hydrogen (secondary N) is 1. The summed E-state index contributed by atoms with van der Waals surface area (Å²) in [5, 5.41) is 14.5. The number of rotatable bonds is 6. The summed E-state index contributed by atoms with van der Waals surface area (Å²) in [5.74, 6) is -0.943. The normalized spacial score (nSPS) is 10.9. The number of halogens is 1. The van der Waals surface area contributed by atoms with Crippen LogP contribution < -0.4 is 10.2 Å². The maximum Gasteiger partial charge on any atom is 0.341 e. The van der Waals surface area contributed by atoms with Crippen LogP contribution in [0.1, 0.15) is 15.9 Å². The van der Waals surface area contributed by atoms with Crippen LogP contribution in [0.4, 0.5) is 0 Å². The summed E-state index contributed by atoms with van der Waals surface area (Å²) in [6, 6.07) is 18.2. The third-order valence-electron chi connectivity index (χ3n) is 3.72. The lowest BCUT2D eigenvalue weighted by Gasteiger charge is -2.06. The zero-order chi connectivity index (χ0) is 19.2. The molecule has 0 saturated carbocycles. The second-order valence-corrected chi connectivity index (χ2v) is 6.45. The minimum atomic E-state index is -1.05. The summed E-state index contributed by atoms with van der Waals surface area (Å²) in [6.45, 7) is -0.423. The number of ether oxygens (including phenoxy) is 1. The maximum atomic E-state index is 12.4. The molecule has 3 aromatic rings. The zero-order valence-electron chi connectivity index (χ0n) is 14.1. The lowest BCUT2D eigenvalue weighted by atomic mass is 10.0. The van der Waals surface area contributed by atoms with Crippen molar-refractivity contribution in [1.29, 1.82) is 0 Å². The van der Waals surface area contributed by atoms with Crippen molar-refractivity contribution >= 4 is 44.8 Å². The van der Waals surface area contributed by atoms with Crippen molar-refractivity contribution in [3.8, 4) is 5.75 Å². The minimum Gasteiger partial charge on any atom is -0.481 e. The molecular formula is C20H15BrN2O4. The monoisotopic (exact) mass is 426 g/mol. The number of hydrogen-bond donors (Lipinski definition) is 2. The van der Waals surface area contributed by atoms with Crippen molar-refractivity contribution in [1.82, 2.24) is 5.43 Å². The van der Waals surface area contributed by atoms with E-state index in [9.17, 15) is 9.59 Å². The SMILES string of the molecule is O=C(O)COc1ccc(/C=N\NC(=O)c2cccc3ccccc23)cc1Br. The number of nitrogens with zero attached hydrogens (tertiary/aromatic N) is 1. The van der Waals surface area contributed by atoms with Gasteiger partial charge in [0, 0.05) is 5.56 Å². The largest absolute Gasteiger partial charge is 0.481 e. The van der Waals surface area contributed by atoms with E-state index < -0.39 is 12.6 Å². The van der Waals surface area contributed by atoms with Crippen LogP contribution in [-0.4, -0.2) is 29.8 Å². The Labute approximate surface area is 163 Å². The number of hydrogen-bond acceptors (Lipinski definition) is 4. The van der Waals surface area contributed by atoms with Crippen LogP contribution >= 0.6 is 15.9 Å². The highest BCUT2D eigenvalue weighted by atomic mass is 79.9. The Hall–Kier alpha value is -3.19. The van der Waals surface area contributed by atoms with Gasteiger partial charge in [0.25, 0.3) is 5.91 Å². The molecular weight excluding hydrogens is 412 g/mol. The van der Waals surface area contributed by atoms with Crippen molar-refractivity contribution in [3.05, 3.63) is 76.3 Å². The molecule has 136 valence electrons. The van der Waals surface area contributed by atoms with E-state index in [4.69, 9.17) is 9.84 Å². The third-order valence-corrected chi connectivity index (χ3v) is 4.34. The van der Waals surface area contributed by atoms with Gasteiger partial charge in [0.1, 0.15) is 5.75 Å². The molecule has 0 unspecified atom stereocenters. The van der Waals surface area contributed by atoms with Gasteiger partial charge < -0.3 is 9.84 Å². The number of benzene rings is 3. The lowest BCUT2D eigenvalue weighted by Crippen LogP contribution is -2.17. The molecule has 3 aromatic carbocycles. The summed E-state index contributed by atoms with van der Waals surface area (Å²) >= 11 is 3.32. The molecule has 0 aromatic heterocycles. The predicted octanol–water partition coefficient (Wildman–Crippen LogP) is 3.83. The molecule has 6 nitrogen and oxygen atoms in total. The topological polar surface area (TPSA) is 88.0 Å². The van der Waals surface area contributed by atoms with Crippen LogP contribution in [-0.2, 0) is 4.79 Å². The Morgan fingerprint density at radius 2 is 1.89 bits per heavy atom. The van der Waals surface area contributed by atoms with Gasteiger partial charge in [0.15, 0.2) is 6.61 Å². The number of aliphatic carboxylic acids is 1. The highest BCUT2D eigenvalue weighted by molar-refractivity contribution is 9.10. The van der Waals surface area contributed by atoms with Gasteiger partial charge in [0.05, 0.1) is 10.7 Å². The molecule has 0 aliphatic rings. The average molecular weight is 427 g/mol. The molecule has 0 aliphatic carbocycles.